The molecule has 0 aromatic heterocycles. The maximum Gasteiger partial charge on any atom is 0.271 e. The molecule has 0 heterocycles. The van der Waals surface area contributed by atoms with Crippen molar-refractivity contribution in [3.05, 3.63) is 29.8 Å². The molecule has 0 amide bonds. The van der Waals surface area contributed by atoms with E-state index >= 15 is 0 Å². The van der Waals surface area contributed by atoms with Gasteiger partial charge in [0.2, 0.25) is 0 Å². The minimum atomic E-state index is -2.56. The first-order valence-corrected chi connectivity index (χ1v) is 6.64. The fourth-order valence-corrected chi connectivity index (χ4v) is 1.91. The molecule has 0 bridgehead atoms. The van der Waals surface area contributed by atoms with E-state index in [0.29, 0.717) is 0 Å². The van der Waals surface area contributed by atoms with Crippen molar-refractivity contribution in [3.8, 4) is 0 Å². The normalized spacial score (nSPS) is 11.6. The molecule has 0 saturated carbocycles. The van der Waals surface area contributed by atoms with Gasteiger partial charge in [0, 0.05) is 0 Å². The second-order valence-electron chi connectivity index (χ2n) is 3.34. The van der Waals surface area contributed by atoms with Crippen molar-refractivity contribution in [1.82, 2.24) is 0 Å². The Kier molecular flexibility index (Phi) is 2.14. The lowest BCUT2D eigenvalue weighted by molar-refractivity contribution is 0.822. The third-order valence-electron chi connectivity index (χ3n) is 1.74. The molecule has 11 heavy (non-hydrogen) atoms. The summed E-state index contributed by atoms with van der Waals surface area (Å²) in [7, 11) is -2.56. The van der Waals surface area contributed by atoms with Gasteiger partial charge in [0.05, 0.1) is 0 Å². The molecular formula is C9H13FSi. The fraction of sp³-hybridized carbons (Fsp3) is 0.333. The van der Waals surface area contributed by atoms with Crippen molar-refractivity contribution < 1.29 is 4.11 Å². The van der Waals surface area contributed by atoms with Crippen LogP contribution in [0.2, 0.25) is 13.1 Å². The van der Waals surface area contributed by atoms with Gasteiger partial charge in [-0.3, -0.25) is 0 Å². The summed E-state index contributed by atoms with van der Waals surface area (Å²) in [4.78, 5) is 0. The molecule has 60 valence electrons. The molecule has 1 aromatic carbocycles. The summed E-state index contributed by atoms with van der Waals surface area (Å²) in [5.74, 6) is 0. The second-order valence-corrected chi connectivity index (χ2v) is 6.86. The first-order valence-electron chi connectivity index (χ1n) is 3.76. The average Bonchev–Trinajstić information content (AvgIpc) is 1.86. The zero-order valence-corrected chi connectivity index (χ0v) is 8.19. The Morgan fingerprint density at radius 1 is 1.09 bits per heavy atom. The minimum absolute atomic E-state index is 0.878. The van der Waals surface area contributed by atoms with E-state index in [1.807, 2.05) is 31.2 Å². The van der Waals surface area contributed by atoms with E-state index < -0.39 is 8.41 Å². The maximum atomic E-state index is 13.4. The molecule has 1 aromatic rings. The molecule has 1 rings (SSSR count). The lowest BCUT2D eigenvalue weighted by Gasteiger charge is -2.10. The summed E-state index contributed by atoms with van der Waals surface area (Å²) in [5, 5.41) is 0.878. The SMILES string of the molecule is Cc1ccc([Si](C)(C)F)cc1. The van der Waals surface area contributed by atoms with Gasteiger partial charge >= 0.3 is 0 Å². The molecule has 0 aliphatic heterocycles. The van der Waals surface area contributed by atoms with Gasteiger partial charge in [-0.25, -0.2) is 0 Å². The van der Waals surface area contributed by atoms with Gasteiger partial charge < -0.3 is 4.11 Å². The second kappa shape index (κ2) is 2.78. The maximum absolute atomic E-state index is 13.4. The molecule has 0 N–H and O–H groups in total. The van der Waals surface area contributed by atoms with Crippen LogP contribution < -0.4 is 5.19 Å². The highest BCUT2D eigenvalue weighted by Crippen LogP contribution is 2.04. The van der Waals surface area contributed by atoms with Gasteiger partial charge in [-0.2, -0.15) is 0 Å². The standard InChI is InChI=1S/C9H13FSi/c1-8-4-6-9(7-5-8)11(2,3)10/h4-7H,1-3H3. The van der Waals surface area contributed by atoms with Gasteiger partial charge in [0.1, 0.15) is 0 Å². The first kappa shape index (κ1) is 8.46. The topological polar surface area (TPSA) is 0 Å². The van der Waals surface area contributed by atoms with Gasteiger partial charge in [-0.15, -0.1) is 0 Å². The predicted molar refractivity (Wildman–Crippen MR) is 49.4 cm³/mol. The molecule has 0 atom stereocenters. The Balaban J connectivity index is 2.99. The molecule has 0 unspecified atom stereocenters. The van der Waals surface area contributed by atoms with Crippen molar-refractivity contribution in [2.45, 2.75) is 20.0 Å². The van der Waals surface area contributed by atoms with Crippen molar-refractivity contribution in [2.24, 2.45) is 0 Å². The van der Waals surface area contributed by atoms with Crippen molar-refractivity contribution >= 4 is 13.6 Å². The van der Waals surface area contributed by atoms with E-state index in [0.717, 1.165) is 5.19 Å². The van der Waals surface area contributed by atoms with E-state index in [2.05, 4.69) is 0 Å². The third-order valence-corrected chi connectivity index (χ3v) is 3.44. The summed E-state index contributed by atoms with van der Waals surface area (Å²) in [5.41, 5.74) is 1.19. The smallest absolute Gasteiger partial charge is 0.271 e. The van der Waals surface area contributed by atoms with Gasteiger partial charge in [-0.1, -0.05) is 29.8 Å². The van der Waals surface area contributed by atoms with Gasteiger partial charge in [0.25, 0.3) is 8.41 Å². The lowest BCUT2D eigenvalue weighted by Crippen LogP contribution is -2.35. The summed E-state index contributed by atoms with van der Waals surface area (Å²) >= 11 is 0. The molecule has 0 nitrogen and oxygen atoms in total. The van der Waals surface area contributed by atoms with Crippen LogP contribution in [-0.2, 0) is 0 Å². The largest absolute Gasteiger partial charge is 0.308 e. The van der Waals surface area contributed by atoms with Crippen molar-refractivity contribution in [2.75, 3.05) is 0 Å². The van der Waals surface area contributed by atoms with E-state index in [9.17, 15) is 4.11 Å². The average molecular weight is 168 g/mol. The van der Waals surface area contributed by atoms with E-state index in [1.165, 1.54) is 5.56 Å². The molecule has 0 aliphatic rings. The summed E-state index contributed by atoms with van der Waals surface area (Å²) in [6.45, 7) is 5.42. The molecule has 0 fully saturated rings. The van der Waals surface area contributed by atoms with E-state index in [1.54, 1.807) is 13.1 Å². The zero-order chi connectivity index (χ0) is 8.48. The Hall–Kier alpha value is -0.633. The Morgan fingerprint density at radius 3 is 1.91 bits per heavy atom. The Bertz CT molecular complexity index is 233. The minimum Gasteiger partial charge on any atom is -0.308 e. The van der Waals surface area contributed by atoms with E-state index in [-0.39, 0.29) is 0 Å². The highest BCUT2D eigenvalue weighted by atomic mass is 28.4. The van der Waals surface area contributed by atoms with Crippen LogP contribution in [0.25, 0.3) is 0 Å². The number of benzene rings is 1. The number of hydrogen-bond acceptors (Lipinski definition) is 0. The number of hydrogen-bond donors (Lipinski definition) is 0. The molecule has 0 spiro atoms. The molecule has 2 heteroatoms. The lowest BCUT2D eigenvalue weighted by atomic mass is 10.2. The number of aryl methyl sites for hydroxylation is 1. The number of halogens is 1. The van der Waals surface area contributed by atoms with Crippen LogP contribution in [0.4, 0.5) is 4.11 Å². The van der Waals surface area contributed by atoms with Crippen LogP contribution in [0.15, 0.2) is 24.3 Å². The van der Waals surface area contributed by atoms with Gasteiger partial charge in [0.15, 0.2) is 0 Å². The molecular weight excluding hydrogens is 155 g/mol. The van der Waals surface area contributed by atoms with E-state index in [4.69, 9.17) is 0 Å². The van der Waals surface area contributed by atoms with Crippen LogP contribution in [0, 0.1) is 6.92 Å². The Labute approximate surface area is 68.2 Å². The summed E-state index contributed by atoms with van der Waals surface area (Å²) < 4.78 is 13.4. The van der Waals surface area contributed by atoms with Crippen LogP contribution in [-0.4, -0.2) is 8.41 Å². The Morgan fingerprint density at radius 2 is 1.55 bits per heavy atom. The molecule has 0 saturated heterocycles. The quantitative estimate of drug-likeness (QED) is 0.446. The van der Waals surface area contributed by atoms with Gasteiger partial charge in [-0.05, 0) is 25.2 Å². The number of rotatable bonds is 1. The first-order chi connectivity index (χ1) is 5.00. The molecule has 0 radical (unpaired) electrons. The van der Waals surface area contributed by atoms with Crippen molar-refractivity contribution in [3.63, 3.8) is 0 Å². The summed E-state index contributed by atoms with van der Waals surface area (Å²) in [6, 6.07) is 7.70. The van der Waals surface area contributed by atoms with Crippen molar-refractivity contribution in [1.29, 1.82) is 0 Å². The monoisotopic (exact) mass is 168 g/mol. The van der Waals surface area contributed by atoms with Crippen LogP contribution in [0.5, 0.6) is 0 Å². The highest BCUT2D eigenvalue weighted by Gasteiger charge is 2.22. The zero-order valence-electron chi connectivity index (χ0n) is 7.19. The van der Waals surface area contributed by atoms with Crippen LogP contribution in [0.3, 0.4) is 0 Å². The fourth-order valence-electron chi connectivity index (χ4n) is 0.950. The highest BCUT2D eigenvalue weighted by molar-refractivity contribution is 6.83. The molecule has 0 aliphatic carbocycles. The van der Waals surface area contributed by atoms with Crippen LogP contribution in [0.1, 0.15) is 5.56 Å². The van der Waals surface area contributed by atoms with Crippen LogP contribution >= 0.6 is 0 Å². The summed E-state index contributed by atoms with van der Waals surface area (Å²) in [6.07, 6.45) is 0. The predicted octanol–water partition coefficient (Wildman–Crippen LogP) is 2.38. The third kappa shape index (κ3) is 2.15.